The number of thiazole rings is 1. The van der Waals surface area contributed by atoms with Gasteiger partial charge < -0.3 is 10.0 Å². The summed E-state index contributed by atoms with van der Waals surface area (Å²) in [6.07, 6.45) is 2.84. The van der Waals surface area contributed by atoms with Crippen LogP contribution in [0.4, 0.5) is 5.13 Å². The van der Waals surface area contributed by atoms with Crippen molar-refractivity contribution >= 4 is 38.3 Å². The van der Waals surface area contributed by atoms with Crippen LogP contribution in [0.2, 0.25) is 5.02 Å². The first-order chi connectivity index (χ1) is 12.2. The summed E-state index contributed by atoms with van der Waals surface area (Å²) in [7, 11) is 0. The standard InChI is InChI=1S/C18H19ClN4OS/c19-12-4-5-14-16(8-12)25-18(20-14)22-6-1-7-23-13(10-22)9-15(21-23)17(24)11-2-3-11/h4-5,8-9,11,17,24H,1-3,6-7,10H2/t17-/m1/s1. The van der Waals surface area contributed by atoms with Crippen molar-refractivity contribution in [3.8, 4) is 0 Å². The van der Waals surface area contributed by atoms with Crippen LogP contribution in [0.3, 0.4) is 0 Å². The molecule has 0 saturated heterocycles. The molecule has 130 valence electrons. The number of benzene rings is 1. The van der Waals surface area contributed by atoms with Crippen LogP contribution in [0.15, 0.2) is 24.3 Å². The molecule has 2 aromatic heterocycles. The number of hydrogen-bond acceptors (Lipinski definition) is 5. The van der Waals surface area contributed by atoms with Gasteiger partial charge in [-0.05, 0) is 49.4 Å². The second-order valence-corrected chi connectivity index (χ2v) is 8.40. The molecular formula is C18H19ClN4OS. The summed E-state index contributed by atoms with van der Waals surface area (Å²) in [6, 6.07) is 7.91. The quantitative estimate of drug-likeness (QED) is 0.752. The van der Waals surface area contributed by atoms with Crippen molar-refractivity contribution in [2.24, 2.45) is 5.92 Å². The molecule has 0 amide bonds. The Morgan fingerprint density at radius 1 is 1.24 bits per heavy atom. The maximum Gasteiger partial charge on any atom is 0.186 e. The lowest BCUT2D eigenvalue weighted by Gasteiger charge is -2.18. The molecule has 0 bridgehead atoms. The fraction of sp³-hybridized carbons (Fsp3) is 0.444. The Hall–Kier alpha value is -1.63. The van der Waals surface area contributed by atoms with Crippen LogP contribution in [0.5, 0.6) is 0 Å². The topological polar surface area (TPSA) is 54.2 Å². The highest BCUT2D eigenvalue weighted by Crippen LogP contribution is 2.41. The summed E-state index contributed by atoms with van der Waals surface area (Å²) in [5.74, 6) is 0.407. The molecule has 2 aliphatic rings. The Balaban J connectivity index is 1.44. The summed E-state index contributed by atoms with van der Waals surface area (Å²) in [6.45, 7) is 2.62. The van der Waals surface area contributed by atoms with E-state index in [1.807, 2.05) is 18.2 Å². The molecule has 7 heteroatoms. The predicted octanol–water partition coefficient (Wildman–Crippen LogP) is 4.00. The van der Waals surface area contributed by atoms with Crippen molar-refractivity contribution < 1.29 is 5.11 Å². The van der Waals surface area contributed by atoms with Gasteiger partial charge in [0.15, 0.2) is 5.13 Å². The number of anilines is 1. The molecule has 0 radical (unpaired) electrons. The summed E-state index contributed by atoms with van der Waals surface area (Å²) < 4.78 is 3.18. The number of rotatable bonds is 3. The van der Waals surface area contributed by atoms with E-state index in [1.165, 1.54) is 0 Å². The highest BCUT2D eigenvalue weighted by molar-refractivity contribution is 7.22. The molecule has 25 heavy (non-hydrogen) atoms. The third-order valence-electron chi connectivity index (χ3n) is 5.01. The third kappa shape index (κ3) is 2.92. The van der Waals surface area contributed by atoms with Crippen molar-refractivity contribution in [3.63, 3.8) is 0 Å². The lowest BCUT2D eigenvalue weighted by molar-refractivity contribution is 0.148. The van der Waals surface area contributed by atoms with E-state index in [2.05, 4.69) is 20.7 Å². The summed E-state index contributed by atoms with van der Waals surface area (Å²) in [4.78, 5) is 7.09. The van der Waals surface area contributed by atoms with Crippen LogP contribution in [-0.4, -0.2) is 26.4 Å². The summed E-state index contributed by atoms with van der Waals surface area (Å²) in [5, 5.41) is 16.8. The summed E-state index contributed by atoms with van der Waals surface area (Å²) in [5.41, 5.74) is 2.98. The van der Waals surface area contributed by atoms with Crippen molar-refractivity contribution in [1.82, 2.24) is 14.8 Å². The Bertz CT molecular complexity index is 932. The minimum atomic E-state index is -0.405. The van der Waals surface area contributed by atoms with Gasteiger partial charge in [0.25, 0.3) is 0 Å². The zero-order valence-electron chi connectivity index (χ0n) is 13.7. The molecule has 1 aliphatic carbocycles. The number of aryl methyl sites for hydroxylation is 1. The van der Waals surface area contributed by atoms with Crippen LogP contribution in [-0.2, 0) is 13.1 Å². The van der Waals surface area contributed by atoms with Gasteiger partial charge in [-0.3, -0.25) is 4.68 Å². The highest BCUT2D eigenvalue weighted by Gasteiger charge is 2.33. The molecule has 1 atom stereocenters. The monoisotopic (exact) mass is 374 g/mol. The fourth-order valence-electron chi connectivity index (χ4n) is 3.47. The van der Waals surface area contributed by atoms with Crippen molar-refractivity contribution in [3.05, 3.63) is 40.7 Å². The number of nitrogens with zero attached hydrogens (tertiary/aromatic N) is 4. The predicted molar refractivity (Wildman–Crippen MR) is 100 cm³/mol. The van der Waals surface area contributed by atoms with E-state index in [-0.39, 0.29) is 0 Å². The van der Waals surface area contributed by atoms with Crippen LogP contribution in [0, 0.1) is 5.92 Å². The largest absolute Gasteiger partial charge is 0.386 e. The van der Waals surface area contributed by atoms with Gasteiger partial charge in [-0.15, -0.1) is 0 Å². The van der Waals surface area contributed by atoms with E-state index in [4.69, 9.17) is 16.6 Å². The Morgan fingerprint density at radius 3 is 2.96 bits per heavy atom. The number of aliphatic hydroxyl groups is 1. The molecule has 5 rings (SSSR count). The van der Waals surface area contributed by atoms with Crippen LogP contribution in [0.25, 0.3) is 10.2 Å². The normalized spacial score (nSPS) is 19.0. The number of halogens is 1. The van der Waals surface area contributed by atoms with E-state index in [9.17, 15) is 5.11 Å². The van der Waals surface area contributed by atoms with Crippen molar-refractivity contribution in [2.75, 3.05) is 11.4 Å². The molecule has 1 aliphatic heterocycles. The molecule has 3 heterocycles. The molecule has 5 nitrogen and oxygen atoms in total. The molecule has 1 aromatic carbocycles. The van der Waals surface area contributed by atoms with Gasteiger partial charge in [0.2, 0.25) is 0 Å². The molecule has 0 unspecified atom stereocenters. The van der Waals surface area contributed by atoms with Gasteiger partial charge in [0, 0.05) is 18.1 Å². The van der Waals surface area contributed by atoms with Crippen molar-refractivity contribution in [2.45, 2.75) is 38.5 Å². The zero-order chi connectivity index (χ0) is 17.0. The van der Waals surface area contributed by atoms with Crippen LogP contribution < -0.4 is 4.90 Å². The molecule has 3 aromatic rings. The number of aliphatic hydroxyl groups excluding tert-OH is 1. The van der Waals surface area contributed by atoms with E-state index in [0.717, 1.165) is 70.7 Å². The first-order valence-electron chi connectivity index (χ1n) is 8.73. The highest BCUT2D eigenvalue weighted by atomic mass is 35.5. The van der Waals surface area contributed by atoms with Gasteiger partial charge in [-0.25, -0.2) is 4.98 Å². The van der Waals surface area contributed by atoms with Gasteiger partial charge in [0.1, 0.15) is 6.10 Å². The smallest absolute Gasteiger partial charge is 0.186 e. The van der Waals surface area contributed by atoms with E-state index < -0.39 is 6.10 Å². The first-order valence-corrected chi connectivity index (χ1v) is 9.92. The number of aromatic nitrogens is 3. The SMILES string of the molecule is O[C@@H](c1cc2n(n1)CCCN(c1nc3ccc(Cl)cc3s1)C2)C1CC1. The van der Waals surface area contributed by atoms with Crippen LogP contribution >= 0.6 is 22.9 Å². The second-order valence-electron chi connectivity index (χ2n) is 6.95. The van der Waals surface area contributed by atoms with Gasteiger partial charge >= 0.3 is 0 Å². The second kappa shape index (κ2) is 5.97. The lowest BCUT2D eigenvalue weighted by Crippen LogP contribution is -2.22. The number of fused-ring (bicyclic) bond motifs is 2. The molecule has 1 saturated carbocycles. The minimum absolute atomic E-state index is 0.405. The van der Waals surface area contributed by atoms with Gasteiger partial charge in [0.05, 0.1) is 28.1 Å². The Morgan fingerprint density at radius 2 is 2.12 bits per heavy atom. The molecular weight excluding hydrogens is 356 g/mol. The molecule has 1 fully saturated rings. The molecule has 1 N–H and O–H groups in total. The summed E-state index contributed by atoms with van der Waals surface area (Å²) >= 11 is 7.78. The Kier molecular flexibility index (Phi) is 3.73. The fourth-order valence-corrected chi connectivity index (χ4v) is 4.73. The van der Waals surface area contributed by atoms with Gasteiger partial charge in [-0.2, -0.15) is 5.10 Å². The van der Waals surface area contributed by atoms with E-state index in [1.54, 1.807) is 11.3 Å². The average Bonchev–Trinajstić information content (AvgIpc) is 3.30. The minimum Gasteiger partial charge on any atom is -0.386 e. The van der Waals surface area contributed by atoms with E-state index in [0.29, 0.717) is 5.92 Å². The maximum absolute atomic E-state index is 10.4. The number of hydrogen-bond donors (Lipinski definition) is 1. The molecule has 0 spiro atoms. The van der Waals surface area contributed by atoms with E-state index >= 15 is 0 Å². The lowest BCUT2D eigenvalue weighted by atomic mass is 10.1. The average molecular weight is 375 g/mol. The Labute approximate surface area is 154 Å². The van der Waals surface area contributed by atoms with Gasteiger partial charge in [-0.1, -0.05) is 22.9 Å². The maximum atomic E-state index is 10.4. The van der Waals surface area contributed by atoms with Crippen molar-refractivity contribution in [1.29, 1.82) is 0 Å². The first kappa shape index (κ1) is 15.6. The zero-order valence-corrected chi connectivity index (χ0v) is 15.3. The van der Waals surface area contributed by atoms with Crippen LogP contribution in [0.1, 0.15) is 36.8 Å². The third-order valence-corrected chi connectivity index (χ3v) is 6.33.